The van der Waals surface area contributed by atoms with Crippen LogP contribution in [0.5, 0.6) is 0 Å². The molecule has 0 aliphatic rings. The fourth-order valence-electron chi connectivity index (χ4n) is 3.34. The Hall–Kier alpha value is -4.03. The van der Waals surface area contributed by atoms with Crippen molar-refractivity contribution in [3.8, 4) is 11.3 Å². The minimum atomic E-state index is -0.465. The van der Waals surface area contributed by atoms with Gasteiger partial charge in [-0.05, 0) is 32.9 Å². The van der Waals surface area contributed by atoms with Crippen molar-refractivity contribution in [1.29, 1.82) is 0 Å². The monoisotopic (exact) mass is 525 g/mol. The average molecular weight is 526 g/mol. The van der Waals surface area contributed by atoms with Gasteiger partial charge < -0.3 is 26.4 Å². The molecule has 0 fully saturated rings. The minimum Gasteiger partial charge on any atom is -0.468 e. The number of thiophene rings is 1. The second-order valence-corrected chi connectivity index (χ2v) is 10.1. The second kappa shape index (κ2) is 11.8. The molecule has 0 atom stereocenters. The summed E-state index contributed by atoms with van der Waals surface area (Å²) in [6.45, 7) is 9.67. The summed E-state index contributed by atoms with van der Waals surface area (Å²) in [4.78, 5) is 46.6. The first kappa shape index (κ1) is 27.6. The van der Waals surface area contributed by atoms with Gasteiger partial charge in [0.25, 0.3) is 5.91 Å². The number of benzene rings is 1. The fourth-order valence-corrected chi connectivity index (χ4v) is 4.33. The molecule has 196 valence electrons. The molecule has 3 rings (SSSR count). The van der Waals surface area contributed by atoms with E-state index < -0.39 is 11.5 Å². The maximum Gasteiger partial charge on any atom is 0.319 e. The molecule has 3 aromatic rings. The average Bonchev–Trinajstić information content (AvgIpc) is 3.17. The number of nitrogens with one attached hydrogen (secondary N) is 4. The van der Waals surface area contributed by atoms with Crippen molar-refractivity contribution in [3.63, 3.8) is 0 Å². The van der Waals surface area contributed by atoms with Gasteiger partial charge in [0.1, 0.15) is 9.71 Å². The maximum atomic E-state index is 12.9. The molecule has 2 amide bonds. The van der Waals surface area contributed by atoms with Gasteiger partial charge in [-0.25, -0.2) is 9.97 Å². The van der Waals surface area contributed by atoms with E-state index in [2.05, 4.69) is 42.6 Å². The largest absolute Gasteiger partial charge is 0.468 e. The molecule has 6 N–H and O–H groups in total. The molecule has 0 unspecified atom stereocenters. The van der Waals surface area contributed by atoms with E-state index >= 15 is 0 Å². The van der Waals surface area contributed by atoms with Crippen LogP contribution in [0.25, 0.3) is 21.5 Å². The zero-order valence-corrected chi connectivity index (χ0v) is 22.0. The summed E-state index contributed by atoms with van der Waals surface area (Å²) in [6.07, 6.45) is 1.68. The summed E-state index contributed by atoms with van der Waals surface area (Å²) in [7, 11) is 1.28. The Labute approximate surface area is 218 Å². The number of esters is 1. The highest BCUT2D eigenvalue weighted by Crippen LogP contribution is 2.39. The predicted octanol–water partition coefficient (Wildman–Crippen LogP) is 2.77. The van der Waals surface area contributed by atoms with Gasteiger partial charge in [0, 0.05) is 23.3 Å². The molecule has 2 aromatic heterocycles. The summed E-state index contributed by atoms with van der Waals surface area (Å²) in [5.74, 6) is -0.737. The van der Waals surface area contributed by atoms with Gasteiger partial charge in [-0.1, -0.05) is 18.2 Å². The van der Waals surface area contributed by atoms with E-state index in [4.69, 9.17) is 5.73 Å². The molecule has 0 spiro atoms. The van der Waals surface area contributed by atoms with Crippen molar-refractivity contribution in [3.05, 3.63) is 41.8 Å². The number of ether oxygens (including phenoxy) is 1. The third-order valence-corrected chi connectivity index (χ3v) is 5.99. The van der Waals surface area contributed by atoms with Crippen LogP contribution in [0.4, 0.5) is 17.3 Å². The fraction of sp³-hybridized carbons (Fsp3) is 0.320. The van der Waals surface area contributed by atoms with Crippen LogP contribution in [0.3, 0.4) is 0 Å². The Kier molecular flexibility index (Phi) is 8.79. The Morgan fingerprint density at radius 3 is 2.62 bits per heavy atom. The molecule has 37 heavy (non-hydrogen) atoms. The third kappa shape index (κ3) is 7.24. The van der Waals surface area contributed by atoms with Gasteiger partial charge in [0.2, 0.25) is 11.9 Å². The van der Waals surface area contributed by atoms with Crippen LogP contribution in [0, 0.1) is 0 Å². The predicted molar refractivity (Wildman–Crippen MR) is 147 cm³/mol. The van der Waals surface area contributed by atoms with Crippen LogP contribution in [0.1, 0.15) is 30.4 Å². The van der Waals surface area contributed by atoms with Crippen molar-refractivity contribution in [2.24, 2.45) is 0 Å². The molecule has 0 aliphatic heterocycles. The summed E-state index contributed by atoms with van der Waals surface area (Å²) in [5.41, 5.74) is 8.02. The summed E-state index contributed by atoms with van der Waals surface area (Å²) in [6, 6.07) is 7.09. The van der Waals surface area contributed by atoms with Gasteiger partial charge in [-0.15, -0.1) is 17.9 Å². The third-order valence-electron chi connectivity index (χ3n) is 4.89. The van der Waals surface area contributed by atoms with E-state index in [1.807, 2.05) is 26.8 Å². The lowest BCUT2D eigenvalue weighted by molar-refractivity contribution is -0.139. The molecule has 2 heterocycles. The molecule has 12 heteroatoms. The molecular formula is C25H31N7O4S. The Bertz CT molecular complexity index is 1330. The molecule has 1 aromatic carbocycles. The van der Waals surface area contributed by atoms with Crippen molar-refractivity contribution >= 4 is 56.7 Å². The minimum absolute atomic E-state index is 0.0730. The maximum absolute atomic E-state index is 12.9. The number of hydrogen-bond donors (Lipinski definition) is 5. The number of carbonyl (C=O) groups is 3. The number of hydrogen-bond acceptors (Lipinski definition) is 10. The van der Waals surface area contributed by atoms with Crippen molar-refractivity contribution in [1.82, 2.24) is 20.6 Å². The molecule has 0 radical (unpaired) electrons. The number of anilines is 3. The van der Waals surface area contributed by atoms with E-state index in [1.54, 1.807) is 24.3 Å². The van der Waals surface area contributed by atoms with Crippen LogP contribution >= 0.6 is 11.3 Å². The first-order valence-electron chi connectivity index (χ1n) is 11.5. The van der Waals surface area contributed by atoms with Crippen LogP contribution < -0.4 is 27.0 Å². The zero-order valence-electron chi connectivity index (χ0n) is 21.2. The van der Waals surface area contributed by atoms with Gasteiger partial charge in [-0.3, -0.25) is 19.7 Å². The normalized spacial score (nSPS) is 11.1. The van der Waals surface area contributed by atoms with E-state index in [0.29, 0.717) is 44.5 Å². The lowest BCUT2D eigenvalue weighted by Gasteiger charge is -2.20. The second-order valence-electron chi connectivity index (χ2n) is 9.10. The SMILES string of the molecule is C=CCNc1nc(-c2cccc(NC(=O)CNCC(=O)OC)c2)c2c(N)c(C(=O)NC(C)(C)C)sc2n1. The molecule has 0 aliphatic carbocycles. The van der Waals surface area contributed by atoms with Crippen LogP contribution in [-0.4, -0.2) is 60.0 Å². The number of nitrogens with two attached hydrogens (primary N) is 1. The van der Waals surface area contributed by atoms with Crippen LogP contribution in [0.2, 0.25) is 0 Å². The quantitative estimate of drug-likeness (QED) is 0.198. The Morgan fingerprint density at radius 1 is 1.19 bits per heavy atom. The molecule has 11 nitrogen and oxygen atoms in total. The lowest BCUT2D eigenvalue weighted by atomic mass is 10.1. The zero-order chi connectivity index (χ0) is 27.2. The number of rotatable bonds is 10. The highest BCUT2D eigenvalue weighted by Gasteiger charge is 2.24. The summed E-state index contributed by atoms with van der Waals surface area (Å²) < 4.78 is 4.54. The van der Waals surface area contributed by atoms with Gasteiger partial charge in [0.15, 0.2) is 0 Å². The van der Waals surface area contributed by atoms with Crippen molar-refractivity contribution in [2.45, 2.75) is 26.3 Å². The van der Waals surface area contributed by atoms with Gasteiger partial charge in [-0.2, -0.15) is 0 Å². The van der Waals surface area contributed by atoms with Crippen LogP contribution in [0.15, 0.2) is 36.9 Å². The Balaban J connectivity index is 1.98. The van der Waals surface area contributed by atoms with E-state index in [-0.39, 0.29) is 30.6 Å². The first-order valence-corrected chi connectivity index (χ1v) is 12.3. The number of aromatic nitrogens is 2. The smallest absolute Gasteiger partial charge is 0.319 e. The Morgan fingerprint density at radius 2 is 1.95 bits per heavy atom. The van der Waals surface area contributed by atoms with E-state index in [9.17, 15) is 14.4 Å². The number of methoxy groups -OCH3 is 1. The highest BCUT2D eigenvalue weighted by molar-refractivity contribution is 7.21. The highest BCUT2D eigenvalue weighted by atomic mass is 32.1. The van der Waals surface area contributed by atoms with E-state index in [1.165, 1.54) is 18.4 Å². The molecule has 0 saturated carbocycles. The summed E-state index contributed by atoms with van der Waals surface area (Å²) in [5, 5.41) is 12.1. The summed E-state index contributed by atoms with van der Waals surface area (Å²) >= 11 is 1.19. The first-order chi connectivity index (χ1) is 17.5. The number of fused-ring (bicyclic) bond motifs is 1. The van der Waals surface area contributed by atoms with Gasteiger partial charge in [0.05, 0.1) is 37.0 Å². The molecular weight excluding hydrogens is 494 g/mol. The number of amides is 2. The number of nitrogen functional groups attached to an aromatic ring is 1. The van der Waals surface area contributed by atoms with Crippen LogP contribution in [-0.2, 0) is 14.3 Å². The van der Waals surface area contributed by atoms with E-state index in [0.717, 1.165) is 0 Å². The standard InChI is InChI=1S/C25H31N7O4S/c1-6-10-28-24-30-20(18-19(26)21(37-23(18)31-24)22(35)32-25(2,3)4)14-8-7-9-15(11-14)29-16(33)12-27-13-17(34)36-5/h6-9,11,27H,1,10,12-13,26H2,2-5H3,(H,29,33)(H,32,35)(H,28,30,31). The molecule has 0 bridgehead atoms. The van der Waals surface area contributed by atoms with Crippen molar-refractivity contribution < 1.29 is 19.1 Å². The number of carbonyl (C=O) groups excluding carboxylic acids is 3. The topological polar surface area (TPSA) is 160 Å². The molecule has 0 saturated heterocycles. The number of nitrogens with zero attached hydrogens (tertiary/aromatic N) is 2. The van der Waals surface area contributed by atoms with Crippen molar-refractivity contribution in [2.75, 3.05) is 43.1 Å². The lowest BCUT2D eigenvalue weighted by Crippen LogP contribution is -2.40. The van der Waals surface area contributed by atoms with Gasteiger partial charge >= 0.3 is 5.97 Å².